The lowest BCUT2D eigenvalue weighted by molar-refractivity contribution is -0.144. The summed E-state index contributed by atoms with van der Waals surface area (Å²) in [6, 6.07) is 12.9. The van der Waals surface area contributed by atoms with E-state index in [4.69, 9.17) is 0 Å². The van der Waals surface area contributed by atoms with Crippen molar-refractivity contribution in [3.8, 4) is 0 Å². The Kier molecular flexibility index (Phi) is 7.24. The Bertz CT molecular complexity index is 1170. The van der Waals surface area contributed by atoms with Crippen molar-refractivity contribution in [3.63, 3.8) is 0 Å². The first-order valence-corrected chi connectivity index (χ1v) is 12.4. The summed E-state index contributed by atoms with van der Waals surface area (Å²) in [6.45, 7) is 6.15. The molecule has 2 aliphatic heterocycles. The molecule has 4 amide bonds. The van der Waals surface area contributed by atoms with Crippen molar-refractivity contribution < 1.29 is 23.6 Å². The van der Waals surface area contributed by atoms with Crippen LogP contribution in [-0.4, -0.2) is 47.7 Å². The normalized spacial score (nSPS) is 20.2. The molecule has 2 fully saturated rings. The molecule has 4 rings (SSSR count). The zero-order valence-electron chi connectivity index (χ0n) is 20.8. The number of piperidine rings is 2. The Morgan fingerprint density at radius 1 is 1.08 bits per heavy atom. The number of carbonyl (C=O) groups excluding carboxylic acids is 4. The van der Waals surface area contributed by atoms with Crippen molar-refractivity contribution in [2.24, 2.45) is 11.3 Å². The van der Waals surface area contributed by atoms with E-state index >= 15 is 0 Å². The molecule has 1 spiro atoms. The van der Waals surface area contributed by atoms with Crippen molar-refractivity contribution in [1.29, 1.82) is 0 Å². The predicted molar refractivity (Wildman–Crippen MR) is 132 cm³/mol. The lowest BCUT2D eigenvalue weighted by Gasteiger charge is -2.48. The van der Waals surface area contributed by atoms with Crippen molar-refractivity contribution >= 4 is 23.6 Å². The largest absolute Gasteiger partial charge is 0.341 e. The van der Waals surface area contributed by atoms with Gasteiger partial charge in [-0.1, -0.05) is 55.8 Å². The van der Waals surface area contributed by atoms with Crippen LogP contribution >= 0.6 is 0 Å². The standard InChI is InChI=1S/C28H32FN3O4/c1-17(2)24(31-25(34)20-15-18(3)9-10-21(20)29)27(36)32-13-11-28(12-14-32)16-22(33)30-26(35)23(28)19-7-5-4-6-8-19/h4-10,15,17,23-24H,11-14,16H2,1-3H3,(H,31,34)(H,30,33,35)/t23?,24-/m1/s1. The second kappa shape index (κ2) is 10.2. The number of aryl methyl sites for hydroxylation is 1. The van der Waals surface area contributed by atoms with Gasteiger partial charge in [-0.2, -0.15) is 0 Å². The minimum atomic E-state index is -0.826. The van der Waals surface area contributed by atoms with Crippen molar-refractivity contribution in [2.45, 2.75) is 52.0 Å². The SMILES string of the molecule is Cc1ccc(F)c(C(=O)N[C@@H](C(=O)N2CCC3(CC2)CC(=O)NC(=O)C3c2ccccc2)C(C)C)c1. The molecule has 2 aromatic carbocycles. The first-order valence-electron chi connectivity index (χ1n) is 12.4. The van der Waals surface area contributed by atoms with Crippen LogP contribution in [0.4, 0.5) is 4.39 Å². The predicted octanol–water partition coefficient (Wildman–Crippen LogP) is 3.33. The molecule has 2 aromatic rings. The molecule has 36 heavy (non-hydrogen) atoms. The van der Waals surface area contributed by atoms with E-state index in [-0.39, 0.29) is 35.6 Å². The first kappa shape index (κ1) is 25.5. The Labute approximate surface area is 210 Å². The monoisotopic (exact) mass is 493 g/mol. The maximum Gasteiger partial charge on any atom is 0.254 e. The molecule has 2 atom stereocenters. The summed E-state index contributed by atoms with van der Waals surface area (Å²) in [6.07, 6.45) is 1.20. The van der Waals surface area contributed by atoms with E-state index in [0.717, 1.165) is 11.1 Å². The molecule has 8 heteroatoms. The summed E-state index contributed by atoms with van der Waals surface area (Å²) >= 11 is 0. The van der Waals surface area contributed by atoms with Crippen LogP contribution in [0.15, 0.2) is 48.5 Å². The van der Waals surface area contributed by atoms with Gasteiger partial charge in [0.2, 0.25) is 17.7 Å². The van der Waals surface area contributed by atoms with Gasteiger partial charge in [0.15, 0.2) is 0 Å². The average molecular weight is 494 g/mol. The highest BCUT2D eigenvalue weighted by atomic mass is 19.1. The van der Waals surface area contributed by atoms with Gasteiger partial charge >= 0.3 is 0 Å². The fourth-order valence-corrected chi connectivity index (χ4v) is 5.48. The van der Waals surface area contributed by atoms with Gasteiger partial charge < -0.3 is 10.2 Å². The molecule has 0 aromatic heterocycles. The Hall–Kier alpha value is -3.55. The molecule has 2 aliphatic rings. The Morgan fingerprint density at radius 2 is 1.75 bits per heavy atom. The highest BCUT2D eigenvalue weighted by Gasteiger charge is 2.51. The highest BCUT2D eigenvalue weighted by molar-refractivity contribution is 6.02. The van der Waals surface area contributed by atoms with Crippen molar-refractivity contribution in [1.82, 2.24) is 15.5 Å². The molecule has 0 saturated carbocycles. The summed E-state index contributed by atoms with van der Waals surface area (Å²) in [5.74, 6) is -2.80. The van der Waals surface area contributed by atoms with Crippen LogP contribution in [0.2, 0.25) is 0 Å². The molecule has 2 N–H and O–H groups in total. The number of hydrogen-bond donors (Lipinski definition) is 2. The van der Waals surface area contributed by atoms with E-state index < -0.39 is 29.1 Å². The molecule has 7 nitrogen and oxygen atoms in total. The van der Waals surface area contributed by atoms with Crippen LogP contribution in [0.5, 0.6) is 0 Å². The summed E-state index contributed by atoms with van der Waals surface area (Å²) in [5, 5.41) is 5.20. The average Bonchev–Trinajstić information content (AvgIpc) is 2.84. The van der Waals surface area contributed by atoms with E-state index in [1.54, 1.807) is 17.9 Å². The molecule has 0 aliphatic carbocycles. The molecule has 0 bridgehead atoms. The highest BCUT2D eigenvalue weighted by Crippen LogP contribution is 2.49. The van der Waals surface area contributed by atoms with E-state index in [0.29, 0.717) is 25.9 Å². The van der Waals surface area contributed by atoms with Crippen LogP contribution in [-0.2, 0) is 14.4 Å². The second-order valence-electron chi connectivity index (χ2n) is 10.3. The van der Waals surface area contributed by atoms with Crippen LogP contribution in [0, 0.1) is 24.1 Å². The van der Waals surface area contributed by atoms with Crippen LogP contribution in [0.3, 0.4) is 0 Å². The third-order valence-corrected chi connectivity index (χ3v) is 7.44. The fourth-order valence-electron chi connectivity index (χ4n) is 5.48. The zero-order chi connectivity index (χ0) is 26.0. The second-order valence-corrected chi connectivity index (χ2v) is 10.3. The van der Waals surface area contributed by atoms with E-state index in [1.165, 1.54) is 12.1 Å². The summed E-state index contributed by atoms with van der Waals surface area (Å²) in [7, 11) is 0. The smallest absolute Gasteiger partial charge is 0.254 e. The maximum absolute atomic E-state index is 14.3. The van der Waals surface area contributed by atoms with E-state index in [1.807, 2.05) is 44.2 Å². The van der Waals surface area contributed by atoms with Gasteiger partial charge in [-0.15, -0.1) is 0 Å². The lowest BCUT2D eigenvalue weighted by Crippen LogP contribution is -2.58. The number of rotatable bonds is 5. The van der Waals surface area contributed by atoms with E-state index in [9.17, 15) is 23.6 Å². The van der Waals surface area contributed by atoms with Gasteiger partial charge in [0.25, 0.3) is 5.91 Å². The first-order chi connectivity index (χ1) is 17.1. The molecule has 1 unspecified atom stereocenters. The van der Waals surface area contributed by atoms with Crippen LogP contribution < -0.4 is 10.6 Å². The number of nitrogens with zero attached hydrogens (tertiary/aromatic N) is 1. The number of benzene rings is 2. The summed E-state index contributed by atoms with van der Waals surface area (Å²) in [5.41, 5.74) is 0.936. The van der Waals surface area contributed by atoms with Crippen LogP contribution in [0.1, 0.15) is 60.5 Å². The third-order valence-electron chi connectivity index (χ3n) is 7.44. The van der Waals surface area contributed by atoms with Crippen molar-refractivity contribution in [2.75, 3.05) is 13.1 Å². The number of carbonyl (C=O) groups is 4. The number of likely N-dealkylation sites (tertiary alicyclic amines) is 1. The Balaban J connectivity index is 1.50. The lowest BCUT2D eigenvalue weighted by atomic mass is 9.62. The molecule has 0 radical (unpaired) electrons. The van der Waals surface area contributed by atoms with Gasteiger partial charge in [-0.25, -0.2) is 4.39 Å². The number of imide groups is 1. The van der Waals surface area contributed by atoms with Gasteiger partial charge in [0, 0.05) is 19.5 Å². The number of hydrogen-bond acceptors (Lipinski definition) is 4. The number of amides is 4. The number of nitrogens with one attached hydrogen (secondary N) is 2. The van der Waals surface area contributed by atoms with Crippen LogP contribution in [0.25, 0.3) is 0 Å². The van der Waals surface area contributed by atoms with Gasteiger partial charge in [0.05, 0.1) is 11.5 Å². The zero-order valence-corrected chi connectivity index (χ0v) is 20.8. The minimum Gasteiger partial charge on any atom is -0.341 e. The molecular formula is C28H32FN3O4. The molecule has 2 saturated heterocycles. The van der Waals surface area contributed by atoms with E-state index in [2.05, 4.69) is 10.6 Å². The fraction of sp³-hybridized carbons (Fsp3) is 0.429. The maximum atomic E-state index is 14.3. The third kappa shape index (κ3) is 5.03. The molecule has 190 valence electrons. The molecular weight excluding hydrogens is 461 g/mol. The Morgan fingerprint density at radius 3 is 2.39 bits per heavy atom. The summed E-state index contributed by atoms with van der Waals surface area (Å²) in [4.78, 5) is 53.3. The van der Waals surface area contributed by atoms with Crippen molar-refractivity contribution in [3.05, 3.63) is 71.0 Å². The molecule has 2 heterocycles. The minimum absolute atomic E-state index is 0.0940. The van der Waals surface area contributed by atoms with Gasteiger partial charge in [0.1, 0.15) is 11.9 Å². The topological polar surface area (TPSA) is 95.6 Å². The summed E-state index contributed by atoms with van der Waals surface area (Å²) < 4.78 is 14.3. The van der Waals surface area contributed by atoms with Gasteiger partial charge in [-0.3, -0.25) is 24.5 Å². The quantitative estimate of drug-likeness (QED) is 0.625. The van der Waals surface area contributed by atoms with Gasteiger partial charge in [-0.05, 0) is 48.8 Å². The number of halogens is 1.